The lowest BCUT2D eigenvalue weighted by Gasteiger charge is -2.19. The van der Waals surface area contributed by atoms with Gasteiger partial charge in [0.15, 0.2) is 11.5 Å². The first-order valence-electron chi connectivity index (χ1n) is 6.77. The third-order valence-corrected chi connectivity index (χ3v) is 3.77. The summed E-state index contributed by atoms with van der Waals surface area (Å²) in [5, 5.41) is 0. The molecule has 2 aliphatic rings. The van der Waals surface area contributed by atoms with Gasteiger partial charge >= 0.3 is 0 Å². The van der Waals surface area contributed by atoms with E-state index in [4.69, 9.17) is 19.2 Å². The van der Waals surface area contributed by atoms with E-state index in [1.165, 1.54) is 0 Å². The van der Waals surface area contributed by atoms with Crippen LogP contribution in [-0.4, -0.2) is 36.4 Å². The van der Waals surface area contributed by atoms with Crippen LogP contribution in [0.5, 0.6) is 11.5 Å². The van der Waals surface area contributed by atoms with Crippen LogP contribution in [0, 0.1) is 0 Å². The molecule has 4 rings (SSSR count). The molecule has 2 aromatic rings. The Kier molecular flexibility index (Phi) is 2.58. The van der Waals surface area contributed by atoms with E-state index in [0.717, 1.165) is 54.4 Å². The fourth-order valence-corrected chi connectivity index (χ4v) is 2.73. The number of benzene rings is 1. The molecule has 0 bridgehead atoms. The summed E-state index contributed by atoms with van der Waals surface area (Å²) in [6, 6.07) is 3.95. The highest BCUT2D eigenvalue weighted by molar-refractivity contribution is 5.80. The molecule has 5 heteroatoms. The lowest BCUT2D eigenvalue weighted by molar-refractivity contribution is 0.0838. The average Bonchev–Trinajstić information content (AvgIpc) is 2.88. The molecule has 3 heterocycles. The predicted octanol–water partition coefficient (Wildman–Crippen LogP) is 2.23. The molecule has 0 saturated carbocycles. The van der Waals surface area contributed by atoms with E-state index >= 15 is 0 Å². The number of nitrogens with zero attached hydrogens (tertiary/aromatic N) is 1. The van der Waals surface area contributed by atoms with Crippen molar-refractivity contribution in [2.75, 3.05) is 26.4 Å². The number of rotatable bonds is 1. The van der Waals surface area contributed by atoms with Gasteiger partial charge in [-0.15, -0.1) is 0 Å². The van der Waals surface area contributed by atoms with Crippen molar-refractivity contribution in [3.05, 3.63) is 18.0 Å². The van der Waals surface area contributed by atoms with Crippen molar-refractivity contribution < 1.29 is 14.2 Å². The van der Waals surface area contributed by atoms with Crippen LogP contribution in [0.15, 0.2) is 12.1 Å². The predicted molar refractivity (Wildman–Crippen MR) is 69.9 cm³/mol. The Hall–Kier alpha value is -1.75. The summed E-state index contributed by atoms with van der Waals surface area (Å²) in [4.78, 5) is 8.11. The first kappa shape index (κ1) is 11.1. The van der Waals surface area contributed by atoms with Crippen LogP contribution < -0.4 is 9.47 Å². The van der Waals surface area contributed by atoms with Crippen LogP contribution in [0.3, 0.4) is 0 Å². The SMILES string of the molecule is c1c2c(cc3[nH]c(C4CCOCC4)nc13)OCCO2. The number of nitrogens with one attached hydrogen (secondary N) is 1. The maximum atomic E-state index is 5.59. The summed E-state index contributed by atoms with van der Waals surface area (Å²) >= 11 is 0. The fraction of sp³-hybridized carbons (Fsp3) is 0.500. The average molecular weight is 260 g/mol. The number of hydrogen-bond donors (Lipinski definition) is 1. The third kappa shape index (κ3) is 1.94. The van der Waals surface area contributed by atoms with Gasteiger partial charge < -0.3 is 19.2 Å². The van der Waals surface area contributed by atoms with Crippen molar-refractivity contribution in [2.45, 2.75) is 18.8 Å². The first-order chi connectivity index (χ1) is 9.40. The van der Waals surface area contributed by atoms with Gasteiger partial charge in [-0.25, -0.2) is 4.98 Å². The second-order valence-corrected chi connectivity index (χ2v) is 5.02. The van der Waals surface area contributed by atoms with Gasteiger partial charge in [-0.1, -0.05) is 0 Å². The Morgan fingerprint density at radius 2 is 1.74 bits per heavy atom. The molecule has 5 nitrogen and oxygen atoms in total. The summed E-state index contributed by atoms with van der Waals surface area (Å²) in [5.41, 5.74) is 1.97. The fourth-order valence-electron chi connectivity index (χ4n) is 2.73. The van der Waals surface area contributed by atoms with Crippen LogP contribution in [0.4, 0.5) is 0 Å². The quantitative estimate of drug-likeness (QED) is 0.854. The van der Waals surface area contributed by atoms with E-state index in [0.29, 0.717) is 19.1 Å². The van der Waals surface area contributed by atoms with E-state index in [9.17, 15) is 0 Å². The van der Waals surface area contributed by atoms with Gasteiger partial charge in [-0.3, -0.25) is 0 Å². The van der Waals surface area contributed by atoms with Gasteiger partial charge in [0.1, 0.15) is 19.0 Å². The Bertz CT molecular complexity index is 559. The Morgan fingerprint density at radius 3 is 2.53 bits per heavy atom. The summed E-state index contributed by atoms with van der Waals surface area (Å²) in [6.45, 7) is 2.87. The number of imidazole rings is 1. The molecule has 1 N–H and O–H groups in total. The zero-order valence-electron chi connectivity index (χ0n) is 10.6. The molecule has 1 aromatic heterocycles. The minimum Gasteiger partial charge on any atom is -0.486 e. The molecule has 0 aliphatic carbocycles. The number of fused-ring (bicyclic) bond motifs is 2. The van der Waals surface area contributed by atoms with Crippen molar-refractivity contribution in [1.82, 2.24) is 9.97 Å². The Morgan fingerprint density at radius 1 is 1.00 bits per heavy atom. The topological polar surface area (TPSA) is 56.4 Å². The van der Waals surface area contributed by atoms with Crippen molar-refractivity contribution in [2.24, 2.45) is 0 Å². The molecule has 19 heavy (non-hydrogen) atoms. The standard InChI is InChI=1S/C14H16N2O3/c1-3-17-4-2-9(1)14-15-10-7-12-13(8-11(10)16-14)19-6-5-18-12/h7-9H,1-6H2,(H,15,16). The van der Waals surface area contributed by atoms with Crippen LogP contribution in [0.25, 0.3) is 11.0 Å². The molecule has 2 aliphatic heterocycles. The van der Waals surface area contributed by atoms with Crippen LogP contribution >= 0.6 is 0 Å². The minimum atomic E-state index is 0.472. The van der Waals surface area contributed by atoms with Gasteiger partial charge in [-0.05, 0) is 12.8 Å². The molecular formula is C14H16N2O3. The second-order valence-electron chi connectivity index (χ2n) is 5.02. The number of H-pyrrole nitrogens is 1. The minimum absolute atomic E-state index is 0.472. The number of aromatic nitrogens is 2. The molecule has 1 aromatic carbocycles. The largest absolute Gasteiger partial charge is 0.486 e. The van der Waals surface area contributed by atoms with Crippen LogP contribution in [0.2, 0.25) is 0 Å². The van der Waals surface area contributed by atoms with E-state index < -0.39 is 0 Å². The maximum Gasteiger partial charge on any atom is 0.163 e. The van der Waals surface area contributed by atoms with E-state index in [1.54, 1.807) is 0 Å². The molecule has 0 atom stereocenters. The maximum absolute atomic E-state index is 5.59. The molecule has 0 amide bonds. The molecule has 0 radical (unpaired) electrons. The lowest BCUT2D eigenvalue weighted by atomic mass is 10.00. The first-order valence-corrected chi connectivity index (χ1v) is 6.77. The lowest BCUT2D eigenvalue weighted by Crippen LogP contribution is -2.15. The zero-order valence-corrected chi connectivity index (χ0v) is 10.6. The summed E-state index contributed by atoms with van der Waals surface area (Å²) in [7, 11) is 0. The van der Waals surface area contributed by atoms with Gasteiger partial charge in [0.2, 0.25) is 0 Å². The summed E-state index contributed by atoms with van der Waals surface area (Å²) < 4.78 is 16.6. The molecule has 1 saturated heterocycles. The molecule has 1 fully saturated rings. The monoisotopic (exact) mass is 260 g/mol. The van der Waals surface area contributed by atoms with Crippen molar-refractivity contribution in [1.29, 1.82) is 0 Å². The number of ether oxygens (including phenoxy) is 3. The molecular weight excluding hydrogens is 244 g/mol. The van der Waals surface area contributed by atoms with Crippen molar-refractivity contribution in [3.63, 3.8) is 0 Å². The van der Waals surface area contributed by atoms with Crippen molar-refractivity contribution >= 4 is 11.0 Å². The highest BCUT2D eigenvalue weighted by atomic mass is 16.6. The number of aromatic amines is 1. The Labute approximate surface area is 110 Å². The molecule has 0 unspecified atom stereocenters. The third-order valence-electron chi connectivity index (χ3n) is 3.77. The van der Waals surface area contributed by atoms with E-state index in [-0.39, 0.29) is 0 Å². The van der Waals surface area contributed by atoms with Crippen LogP contribution in [0.1, 0.15) is 24.6 Å². The smallest absolute Gasteiger partial charge is 0.163 e. The Balaban J connectivity index is 1.73. The highest BCUT2D eigenvalue weighted by Gasteiger charge is 2.21. The van der Waals surface area contributed by atoms with Gasteiger partial charge in [0.05, 0.1) is 11.0 Å². The van der Waals surface area contributed by atoms with Gasteiger partial charge in [0, 0.05) is 31.3 Å². The normalized spacial score (nSPS) is 19.8. The summed E-state index contributed by atoms with van der Waals surface area (Å²) in [6.07, 6.45) is 2.07. The van der Waals surface area contributed by atoms with E-state index in [1.807, 2.05) is 12.1 Å². The van der Waals surface area contributed by atoms with Gasteiger partial charge in [0.25, 0.3) is 0 Å². The molecule has 100 valence electrons. The van der Waals surface area contributed by atoms with Crippen molar-refractivity contribution in [3.8, 4) is 11.5 Å². The van der Waals surface area contributed by atoms with E-state index in [2.05, 4.69) is 4.98 Å². The zero-order chi connectivity index (χ0) is 12.7. The highest BCUT2D eigenvalue weighted by Crippen LogP contribution is 2.35. The second kappa shape index (κ2) is 4.42. The van der Waals surface area contributed by atoms with Gasteiger partial charge in [-0.2, -0.15) is 0 Å². The summed E-state index contributed by atoms with van der Waals surface area (Å²) in [5.74, 6) is 3.13. The number of hydrogen-bond acceptors (Lipinski definition) is 4. The molecule has 0 spiro atoms. The van der Waals surface area contributed by atoms with Crippen LogP contribution in [-0.2, 0) is 4.74 Å².